The van der Waals surface area contributed by atoms with Gasteiger partial charge in [-0.25, -0.2) is 0 Å². The van der Waals surface area contributed by atoms with Crippen molar-refractivity contribution in [2.75, 3.05) is 41.0 Å². The Balaban J connectivity index is 1.54. The Morgan fingerprint density at radius 2 is 1.89 bits per heavy atom. The number of carbonyl (C=O) groups is 1. The van der Waals surface area contributed by atoms with Gasteiger partial charge in [0.25, 0.3) is 0 Å². The highest BCUT2D eigenvalue weighted by atomic mass is 16.5. The molecule has 7 nitrogen and oxygen atoms in total. The Morgan fingerprint density at radius 1 is 1.19 bits per heavy atom. The van der Waals surface area contributed by atoms with E-state index in [-0.39, 0.29) is 18.1 Å². The number of methoxy groups -OCH3 is 3. The highest BCUT2D eigenvalue weighted by Gasteiger charge is 2.36. The standard InChI is InChI=1S/C20H30N2O5/c1-13-10-22-11-15(9-16(22)12-27-13)21-19(23)6-5-14-7-17(24-2)20(26-4)18(8-14)25-3/h7-8,13,15-16H,5-6,9-12H2,1-4H3,(H,21,23)/t13-,15-,16-/m0/s1. The van der Waals surface area contributed by atoms with Crippen LogP contribution in [0.4, 0.5) is 0 Å². The van der Waals surface area contributed by atoms with Crippen molar-refractivity contribution in [2.24, 2.45) is 0 Å². The summed E-state index contributed by atoms with van der Waals surface area (Å²) in [7, 11) is 4.76. The number of fused-ring (bicyclic) bond motifs is 1. The summed E-state index contributed by atoms with van der Waals surface area (Å²) in [6.07, 6.45) is 2.27. The molecule has 3 atom stereocenters. The smallest absolute Gasteiger partial charge is 0.220 e. The van der Waals surface area contributed by atoms with Crippen LogP contribution in [0.1, 0.15) is 25.3 Å². The Bertz CT molecular complexity index is 641. The van der Waals surface area contributed by atoms with Gasteiger partial charge in [-0.2, -0.15) is 0 Å². The number of hydrogen-bond donors (Lipinski definition) is 1. The van der Waals surface area contributed by atoms with Crippen LogP contribution in [-0.4, -0.2) is 70.0 Å². The van der Waals surface area contributed by atoms with Crippen molar-refractivity contribution in [1.82, 2.24) is 10.2 Å². The monoisotopic (exact) mass is 378 g/mol. The molecule has 0 spiro atoms. The number of aryl methyl sites for hydroxylation is 1. The van der Waals surface area contributed by atoms with Gasteiger partial charge in [-0.1, -0.05) is 0 Å². The van der Waals surface area contributed by atoms with E-state index in [1.165, 1.54) is 0 Å². The van der Waals surface area contributed by atoms with Crippen LogP contribution < -0.4 is 19.5 Å². The van der Waals surface area contributed by atoms with Crippen molar-refractivity contribution in [3.63, 3.8) is 0 Å². The van der Waals surface area contributed by atoms with Gasteiger partial charge < -0.3 is 24.3 Å². The molecule has 0 saturated carbocycles. The lowest BCUT2D eigenvalue weighted by Gasteiger charge is -2.33. The van der Waals surface area contributed by atoms with E-state index in [4.69, 9.17) is 18.9 Å². The normalized spacial score (nSPS) is 25.0. The van der Waals surface area contributed by atoms with Crippen molar-refractivity contribution < 1.29 is 23.7 Å². The van der Waals surface area contributed by atoms with Crippen LogP contribution in [0, 0.1) is 0 Å². The number of nitrogens with one attached hydrogen (secondary N) is 1. The van der Waals surface area contributed by atoms with Gasteiger partial charge in [-0.3, -0.25) is 9.69 Å². The third kappa shape index (κ3) is 4.65. The first-order valence-corrected chi connectivity index (χ1v) is 9.48. The van der Waals surface area contributed by atoms with Crippen LogP contribution in [-0.2, 0) is 16.0 Å². The largest absolute Gasteiger partial charge is 0.493 e. The molecule has 2 saturated heterocycles. The highest BCUT2D eigenvalue weighted by Crippen LogP contribution is 2.38. The fourth-order valence-electron chi connectivity index (χ4n) is 3.98. The third-order valence-corrected chi connectivity index (χ3v) is 5.32. The predicted octanol–water partition coefficient (Wildman–Crippen LogP) is 1.62. The zero-order valence-corrected chi connectivity index (χ0v) is 16.6. The van der Waals surface area contributed by atoms with Crippen molar-refractivity contribution >= 4 is 5.91 Å². The fourth-order valence-corrected chi connectivity index (χ4v) is 3.98. The molecule has 7 heteroatoms. The minimum absolute atomic E-state index is 0.0718. The second-order valence-electron chi connectivity index (χ2n) is 7.29. The third-order valence-electron chi connectivity index (χ3n) is 5.32. The molecular formula is C20H30N2O5. The quantitative estimate of drug-likeness (QED) is 0.778. The van der Waals surface area contributed by atoms with Crippen LogP contribution >= 0.6 is 0 Å². The van der Waals surface area contributed by atoms with E-state index < -0.39 is 0 Å². The number of amides is 1. The molecule has 0 aromatic heterocycles. The zero-order chi connectivity index (χ0) is 19.4. The summed E-state index contributed by atoms with van der Waals surface area (Å²) in [6, 6.07) is 4.42. The molecule has 0 bridgehead atoms. The summed E-state index contributed by atoms with van der Waals surface area (Å²) in [5, 5.41) is 3.18. The summed E-state index contributed by atoms with van der Waals surface area (Å²) >= 11 is 0. The van der Waals surface area contributed by atoms with E-state index >= 15 is 0 Å². The summed E-state index contributed by atoms with van der Waals surface area (Å²) in [5.74, 6) is 1.85. The molecular weight excluding hydrogens is 348 g/mol. The van der Waals surface area contributed by atoms with Crippen LogP contribution in [0.2, 0.25) is 0 Å². The average Bonchev–Trinajstić information content (AvgIpc) is 3.06. The summed E-state index contributed by atoms with van der Waals surface area (Å²) in [6.45, 7) is 4.72. The van der Waals surface area contributed by atoms with Crippen LogP contribution in [0.15, 0.2) is 12.1 Å². The molecule has 1 amide bonds. The van der Waals surface area contributed by atoms with Crippen LogP contribution in [0.25, 0.3) is 0 Å². The second kappa shape index (κ2) is 8.80. The molecule has 1 N–H and O–H groups in total. The van der Waals surface area contributed by atoms with E-state index in [0.717, 1.165) is 31.7 Å². The molecule has 2 aliphatic heterocycles. The topological polar surface area (TPSA) is 69.3 Å². The first-order valence-electron chi connectivity index (χ1n) is 9.48. The number of nitrogens with zero attached hydrogens (tertiary/aromatic N) is 1. The lowest BCUT2D eigenvalue weighted by Crippen LogP contribution is -2.45. The lowest BCUT2D eigenvalue weighted by atomic mass is 10.1. The number of hydrogen-bond acceptors (Lipinski definition) is 6. The van der Waals surface area contributed by atoms with Crippen LogP contribution in [0.3, 0.4) is 0 Å². The number of ether oxygens (including phenoxy) is 4. The zero-order valence-electron chi connectivity index (χ0n) is 16.6. The predicted molar refractivity (Wildman–Crippen MR) is 102 cm³/mol. The molecule has 0 aliphatic carbocycles. The maximum Gasteiger partial charge on any atom is 0.220 e. The number of benzene rings is 1. The van der Waals surface area contributed by atoms with Gasteiger partial charge >= 0.3 is 0 Å². The van der Waals surface area contributed by atoms with Crippen molar-refractivity contribution in [1.29, 1.82) is 0 Å². The van der Waals surface area contributed by atoms with Crippen molar-refractivity contribution in [2.45, 2.75) is 44.4 Å². The van der Waals surface area contributed by atoms with Crippen molar-refractivity contribution in [3.05, 3.63) is 17.7 Å². The van der Waals surface area contributed by atoms with Gasteiger partial charge in [0, 0.05) is 31.6 Å². The van der Waals surface area contributed by atoms with Gasteiger partial charge in [0.1, 0.15) is 0 Å². The molecule has 1 aromatic carbocycles. The first kappa shape index (κ1) is 19.8. The van der Waals surface area contributed by atoms with Gasteiger partial charge in [-0.15, -0.1) is 0 Å². The maximum atomic E-state index is 12.4. The molecule has 0 radical (unpaired) electrons. The molecule has 150 valence electrons. The minimum atomic E-state index is 0.0718. The summed E-state index contributed by atoms with van der Waals surface area (Å²) < 4.78 is 21.8. The number of rotatable bonds is 7. The van der Waals surface area contributed by atoms with E-state index in [1.54, 1.807) is 21.3 Å². The Labute approximate surface area is 160 Å². The Hall–Kier alpha value is -1.99. The maximum absolute atomic E-state index is 12.4. The van der Waals surface area contributed by atoms with Gasteiger partial charge in [0.2, 0.25) is 11.7 Å². The first-order chi connectivity index (χ1) is 13.0. The Kier molecular flexibility index (Phi) is 6.44. The molecule has 2 fully saturated rings. The van der Waals surface area contributed by atoms with E-state index in [1.807, 2.05) is 12.1 Å². The fraction of sp³-hybridized carbons (Fsp3) is 0.650. The van der Waals surface area contributed by atoms with Crippen molar-refractivity contribution in [3.8, 4) is 17.2 Å². The summed E-state index contributed by atoms with van der Waals surface area (Å²) in [4.78, 5) is 14.9. The molecule has 1 aromatic rings. The molecule has 3 rings (SSSR count). The van der Waals surface area contributed by atoms with Crippen LogP contribution in [0.5, 0.6) is 17.2 Å². The Morgan fingerprint density at radius 3 is 2.52 bits per heavy atom. The van der Waals surface area contributed by atoms with E-state index in [0.29, 0.717) is 36.1 Å². The lowest BCUT2D eigenvalue weighted by molar-refractivity contribution is -0.121. The number of carbonyl (C=O) groups excluding carboxylic acids is 1. The second-order valence-corrected chi connectivity index (χ2v) is 7.29. The van der Waals surface area contributed by atoms with Gasteiger partial charge in [-0.05, 0) is 37.5 Å². The SMILES string of the molecule is COc1cc(CCC(=O)N[C@H]2C[C@H]3CO[C@@H](C)CN3C2)cc(OC)c1OC. The van der Waals surface area contributed by atoms with Gasteiger partial charge in [0.15, 0.2) is 11.5 Å². The summed E-state index contributed by atoms with van der Waals surface area (Å²) in [5.41, 5.74) is 0.978. The van der Waals surface area contributed by atoms with Gasteiger partial charge in [0.05, 0.1) is 34.0 Å². The van der Waals surface area contributed by atoms with E-state index in [9.17, 15) is 4.79 Å². The number of morpholine rings is 1. The molecule has 27 heavy (non-hydrogen) atoms. The molecule has 2 aliphatic rings. The minimum Gasteiger partial charge on any atom is -0.493 e. The van der Waals surface area contributed by atoms with E-state index in [2.05, 4.69) is 17.1 Å². The molecule has 2 heterocycles. The molecule has 0 unspecified atom stereocenters. The highest BCUT2D eigenvalue weighted by molar-refractivity contribution is 5.76. The average molecular weight is 378 g/mol.